The SMILES string of the molecule is O=C(Cn1ccnc1)N1Cc2ccccc2NCc2ccccc2OC[C@@H]1Cc1ccccc1. The molecule has 5 rings (SSSR count). The van der Waals surface area contributed by atoms with Crippen molar-refractivity contribution in [1.29, 1.82) is 0 Å². The molecule has 4 aromatic rings. The average Bonchev–Trinajstić information content (AvgIpc) is 3.37. The van der Waals surface area contributed by atoms with Crippen LogP contribution in [0.4, 0.5) is 5.69 Å². The Morgan fingerprint density at radius 3 is 2.56 bits per heavy atom. The number of nitrogens with zero attached hydrogens (tertiary/aromatic N) is 3. The predicted molar refractivity (Wildman–Crippen MR) is 132 cm³/mol. The Hall–Kier alpha value is -4.06. The van der Waals surface area contributed by atoms with Gasteiger partial charge in [0, 0.05) is 36.7 Å². The highest BCUT2D eigenvalue weighted by Crippen LogP contribution is 2.26. The number of carbonyl (C=O) groups excluding carboxylic acids is 1. The van der Waals surface area contributed by atoms with Gasteiger partial charge in [-0.2, -0.15) is 0 Å². The highest BCUT2D eigenvalue weighted by atomic mass is 16.5. The van der Waals surface area contributed by atoms with E-state index < -0.39 is 0 Å². The molecule has 6 heteroatoms. The molecule has 0 bridgehead atoms. The van der Waals surface area contributed by atoms with Gasteiger partial charge in [-0.05, 0) is 29.7 Å². The lowest BCUT2D eigenvalue weighted by molar-refractivity contribution is -0.135. The van der Waals surface area contributed by atoms with Crippen molar-refractivity contribution >= 4 is 11.6 Å². The van der Waals surface area contributed by atoms with Gasteiger partial charge in [-0.25, -0.2) is 4.98 Å². The molecule has 1 N–H and O–H groups in total. The second kappa shape index (κ2) is 10.3. The van der Waals surface area contributed by atoms with E-state index in [1.165, 1.54) is 5.56 Å². The van der Waals surface area contributed by atoms with E-state index in [1.54, 1.807) is 12.5 Å². The van der Waals surface area contributed by atoms with Crippen LogP contribution < -0.4 is 10.1 Å². The van der Waals surface area contributed by atoms with Gasteiger partial charge in [0.15, 0.2) is 0 Å². The molecular formula is C28H28N4O2. The van der Waals surface area contributed by atoms with Crippen molar-refractivity contribution < 1.29 is 9.53 Å². The molecule has 1 atom stereocenters. The van der Waals surface area contributed by atoms with Gasteiger partial charge in [-0.3, -0.25) is 4.79 Å². The monoisotopic (exact) mass is 452 g/mol. The zero-order chi connectivity index (χ0) is 23.2. The molecule has 1 amide bonds. The van der Waals surface area contributed by atoms with Crippen LogP contribution in [0.1, 0.15) is 16.7 Å². The number of nitrogens with one attached hydrogen (secondary N) is 1. The van der Waals surface area contributed by atoms with E-state index in [0.717, 1.165) is 22.6 Å². The summed E-state index contributed by atoms with van der Waals surface area (Å²) in [6, 6.07) is 26.4. The first kappa shape index (κ1) is 21.8. The quantitative estimate of drug-likeness (QED) is 0.494. The zero-order valence-corrected chi connectivity index (χ0v) is 19.0. The summed E-state index contributed by atoms with van der Waals surface area (Å²) >= 11 is 0. The highest BCUT2D eigenvalue weighted by molar-refractivity contribution is 5.76. The minimum atomic E-state index is -0.141. The van der Waals surface area contributed by atoms with E-state index in [9.17, 15) is 4.79 Å². The Bertz CT molecular complexity index is 1220. The molecule has 2 heterocycles. The van der Waals surface area contributed by atoms with Crippen molar-refractivity contribution in [2.75, 3.05) is 11.9 Å². The third-order valence-corrected chi connectivity index (χ3v) is 6.18. The summed E-state index contributed by atoms with van der Waals surface area (Å²) in [7, 11) is 0. The number of aromatic nitrogens is 2. The molecule has 1 aliphatic heterocycles. The minimum absolute atomic E-state index is 0.0323. The second-order valence-corrected chi connectivity index (χ2v) is 8.53. The van der Waals surface area contributed by atoms with E-state index in [1.807, 2.05) is 64.2 Å². The van der Waals surface area contributed by atoms with E-state index in [0.29, 0.717) is 26.1 Å². The van der Waals surface area contributed by atoms with Crippen LogP contribution in [0.15, 0.2) is 97.6 Å². The fourth-order valence-corrected chi connectivity index (χ4v) is 4.37. The fourth-order valence-electron chi connectivity index (χ4n) is 4.37. The van der Waals surface area contributed by atoms with Crippen molar-refractivity contribution in [2.45, 2.75) is 32.1 Å². The van der Waals surface area contributed by atoms with Crippen LogP contribution in [0.2, 0.25) is 0 Å². The van der Waals surface area contributed by atoms with Crippen LogP contribution in [0, 0.1) is 0 Å². The smallest absolute Gasteiger partial charge is 0.243 e. The van der Waals surface area contributed by atoms with Crippen molar-refractivity contribution in [2.24, 2.45) is 0 Å². The highest BCUT2D eigenvalue weighted by Gasteiger charge is 2.27. The number of fused-ring (bicyclic) bond motifs is 2. The van der Waals surface area contributed by atoms with Gasteiger partial charge < -0.3 is 19.5 Å². The van der Waals surface area contributed by atoms with Gasteiger partial charge in [0.05, 0.1) is 12.4 Å². The molecule has 3 aromatic carbocycles. The molecule has 1 aliphatic rings. The first-order chi connectivity index (χ1) is 16.8. The molecule has 1 aromatic heterocycles. The maximum atomic E-state index is 13.7. The fraction of sp³-hybridized carbons (Fsp3) is 0.214. The van der Waals surface area contributed by atoms with Crippen LogP contribution in [0.3, 0.4) is 0 Å². The summed E-state index contributed by atoms with van der Waals surface area (Å²) < 4.78 is 8.18. The normalized spacial score (nSPS) is 15.8. The third-order valence-electron chi connectivity index (χ3n) is 6.18. The first-order valence-electron chi connectivity index (χ1n) is 11.6. The summed E-state index contributed by atoms with van der Waals surface area (Å²) in [6.07, 6.45) is 5.90. The van der Waals surface area contributed by atoms with Crippen LogP contribution >= 0.6 is 0 Å². The minimum Gasteiger partial charge on any atom is -0.491 e. The number of para-hydroxylation sites is 2. The summed E-state index contributed by atoms with van der Waals surface area (Å²) in [5.74, 6) is 0.874. The van der Waals surface area contributed by atoms with Crippen LogP contribution in [-0.4, -0.2) is 33.0 Å². The number of ether oxygens (including phenoxy) is 1. The topological polar surface area (TPSA) is 59.4 Å². The molecule has 0 unspecified atom stereocenters. The van der Waals surface area contributed by atoms with Crippen LogP contribution in [0.5, 0.6) is 5.75 Å². The number of hydrogen-bond acceptors (Lipinski definition) is 4. The summed E-state index contributed by atoms with van der Waals surface area (Å²) in [6.45, 7) is 1.79. The Labute approximate surface area is 199 Å². The van der Waals surface area contributed by atoms with Gasteiger partial charge in [-0.1, -0.05) is 66.7 Å². The number of anilines is 1. The van der Waals surface area contributed by atoms with Gasteiger partial charge in [0.25, 0.3) is 0 Å². The number of carbonyl (C=O) groups is 1. The Morgan fingerprint density at radius 1 is 0.971 bits per heavy atom. The molecule has 0 aliphatic carbocycles. The van der Waals surface area contributed by atoms with E-state index in [-0.39, 0.29) is 18.5 Å². The molecule has 6 nitrogen and oxygen atoms in total. The molecular weight excluding hydrogens is 424 g/mol. The van der Waals surface area contributed by atoms with Gasteiger partial charge in [0.1, 0.15) is 18.9 Å². The first-order valence-corrected chi connectivity index (χ1v) is 11.6. The van der Waals surface area contributed by atoms with E-state index in [4.69, 9.17) is 4.74 Å². The predicted octanol–water partition coefficient (Wildman–Crippen LogP) is 4.53. The Morgan fingerprint density at radius 2 is 1.74 bits per heavy atom. The van der Waals surface area contributed by atoms with Gasteiger partial charge >= 0.3 is 0 Å². The largest absolute Gasteiger partial charge is 0.491 e. The summed E-state index contributed by atoms with van der Waals surface area (Å²) in [4.78, 5) is 19.7. The lowest BCUT2D eigenvalue weighted by atomic mass is 10.0. The number of benzene rings is 3. The zero-order valence-electron chi connectivity index (χ0n) is 19.0. The number of rotatable bonds is 4. The lowest BCUT2D eigenvalue weighted by Gasteiger charge is -2.32. The lowest BCUT2D eigenvalue weighted by Crippen LogP contribution is -2.46. The summed E-state index contributed by atoms with van der Waals surface area (Å²) in [5, 5.41) is 3.55. The maximum Gasteiger partial charge on any atom is 0.243 e. The molecule has 0 saturated heterocycles. The van der Waals surface area contributed by atoms with Crippen LogP contribution in [-0.2, 0) is 30.8 Å². The number of imidazole rings is 1. The molecule has 172 valence electrons. The molecule has 0 fully saturated rings. The molecule has 0 spiro atoms. The molecule has 0 saturated carbocycles. The number of hydrogen-bond donors (Lipinski definition) is 1. The van der Waals surface area contributed by atoms with Crippen molar-refractivity contribution in [3.63, 3.8) is 0 Å². The van der Waals surface area contributed by atoms with Crippen molar-refractivity contribution in [1.82, 2.24) is 14.5 Å². The van der Waals surface area contributed by atoms with E-state index in [2.05, 4.69) is 40.6 Å². The van der Waals surface area contributed by atoms with Gasteiger partial charge in [-0.15, -0.1) is 0 Å². The third kappa shape index (κ3) is 5.12. The van der Waals surface area contributed by atoms with E-state index >= 15 is 0 Å². The summed E-state index contributed by atoms with van der Waals surface area (Å²) in [5.41, 5.74) is 4.37. The molecule has 0 radical (unpaired) electrons. The Kier molecular flexibility index (Phi) is 6.56. The van der Waals surface area contributed by atoms with Crippen molar-refractivity contribution in [3.05, 3.63) is 114 Å². The number of amides is 1. The average molecular weight is 453 g/mol. The Balaban J connectivity index is 1.54. The van der Waals surface area contributed by atoms with Crippen LogP contribution in [0.25, 0.3) is 0 Å². The van der Waals surface area contributed by atoms with Gasteiger partial charge in [0.2, 0.25) is 5.91 Å². The maximum absolute atomic E-state index is 13.7. The standard InChI is InChI=1S/C28H28N4O2/c33-28(19-31-15-14-29-21-31)32-18-24-11-4-6-12-26(24)30-17-23-10-5-7-13-27(23)34-20-25(32)16-22-8-2-1-3-9-22/h1-15,21,25,30H,16-20H2/t25-/m0/s1. The second-order valence-electron chi connectivity index (χ2n) is 8.53. The molecule has 34 heavy (non-hydrogen) atoms. The van der Waals surface area contributed by atoms with Crippen molar-refractivity contribution in [3.8, 4) is 5.75 Å².